The molecular weight excluding hydrogens is 432 g/mol. The topological polar surface area (TPSA) is 74.2 Å². The summed E-state index contributed by atoms with van der Waals surface area (Å²) >= 11 is 6.50. The highest BCUT2D eigenvalue weighted by Gasteiger charge is 2.52. The van der Waals surface area contributed by atoms with E-state index in [1.165, 1.54) is 0 Å². The Morgan fingerprint density at radius 3 is 2.62 bits per heavy atom. The number of aliphatic carboxylic acids is 1. The minimum atomic E-state index is -0.843. The van der Waals surface area contributed by atoms with Crippen LogP contribution in [-0.4, -0.2) is 37.0 Å². The number of aryl methyl sites for hydroxylation is 1. The van der Waals surface area contributed by atoms with Gasteiger partial charge in [-0.3, -0.25) is 4.79 Å². The van der Waals surface area contributed by atoms with Gasteiger partial charge in [0.25, 0.3) is 0 Å². The molecule has 1 fully saturated rings. The van der Waals surface area contributed by atoms with Gasteiger partial charge in [0.1, 0.15) is 22.8 Å². The smallest absolute Gasteiger partial charge is 0.309 e. The first-order valence-corrected chi connectivity index (χ1v) is 11.2. The fourth-order valence-corrected chi connectivity index (χ4v) is 5.15. The van der Waals surface area contributed by atoms with E-state index in [0.29, 0.717) is 35.8 Å². The number of benzene rings is 2. The number of hydrogen-bond acceptors (Lipinski definition) is 5. The molecule has 2 aliphatic rings. The Morgan fingerprint density at radius 2 is 1.94 bits per heavy atom. The second kappa shape index (κ2) is 8.83. The lowest BCUT2D eigenvalue weighted by molar-refractivity contribution is -0.188. The fraction of sp³-hybridized carbons (Fsp3) is 0.480. The third-order valence-corrected chi connectivity index (χ3v) is 6.94. The molecule has 2 aliphatic heterocycles. The van der Waals surface area contributed by atoms with Crippen molar-refractivity contribution in [2.24, 2.45) is 11.8 Å². The molecule has 4 rings (SSSR count). The number of hydrogen-bond donors (Lipinski definition) is 1. The Labute approximate surface area is 193 Å². The van der Waals surface area contributed by atoms with E-state index < -0.39 is 23.6 Å². The highest BCUT2D eigenvalue weighted by Crippen LogP contribution is 2.55. The Bertz CT molecular complexity index is 1000. The van der Waals surface area contributed by atoms with Crippen molar-refractivity contribution in [1.82, 2.24) is 0 Å². The zero-order valence-electron chi connectivity index (χ0n) is 18.8. The quantitative estimate of drug-likeness (QED) is 0.629. The minimum absolute atomic E-state index is 0.132. The molecule has 0 aromatic heterocycles. The molecule has 2 aromatic rings. The lowest BCUT2D eigenvalue weighted by Crippen LogP contribution is -2.52. The van der Waals surface area contributed by atoms with Crippen LogP contribution in [0.1, 0.15) is 43.9 Å². The lowest BCUT2D eigenvalue weighted by Gasteiger charge is -2.50. The number of methoxy groups -OCH3 is 2. The molecule has 0 radical (unpaired) electrons. The summed E-state index contributed by atoms with van der Waals surface area (Å²) in [5.41, 5.74) is 1.27. The van der Waals surface area contributed by atoms with Gasteiger partial charge in [-0.2, -0.15) is 0 Å². The van der Waals surface area contributed by atoms with Gasteiger partial charge in [0.2, 0.25) is 0 Å². The maximum atomic E-state index is 12.2. The number of carboxylic acid groups (broad SMARTS) is 1. The van der Waals surface area contributed by atoms with Crippen LogP contribution < -0.4 is 14.2 Å². The molecule has 32 heavy (non-hydrogen) atoms. The first kappa shape index (κ1) is 22.7. The van der Waals surface area contributed by atoms with Crippen LogP contribution >= 0.6 is 11.6 Å². The van der Waals surface area contributed by atoms with E-state index >= 15 is 0 Å². The first-order valence-electron chi connectivity index (χ1n) is 10.8. The van der Waals surface area contributed by atoms with Gasteiger partial charge in [-0.1, -0.05) is 23.7 Å². The van der Waals surface area contributed by atoms with Gasteiger partial charge >= 0.3 is 5.97 Å². The summed E-state index contributed by atoms with van der Waals surface area (Å²) in [6.45, 7) is 3.93. The summed E-state index contributed by atoms with van der Waals surface area (Å²) in [5, 5.41) is 10.4. The Morgan fingerprint density at radius 1 is 1.19 bits per heavy atom. The van der Waals surface area contributed by atoms with Crippen molar-refractivity contribution in [3.8, 4) is 17.2 Å². The maximum absolute atomic E-state index is 12.2. The third kappa shape index (κ3) is 4.26. The molecule has 2 heterocycles. The van der Waals surface area contributed by atoms with Gasteiger partial charge in [-0.25, -0.2) is 0 Å². The first-order chi connectivity index (χ1) is 15.2. The molecule has 0 saturated carbocycles. The molecule has 0 amide bonds. The van der Waals surface area contributed by atoms with E-state index in [-0.39, 0.29) is 12.0 Å². The van der Waals surface area contributed by atoms with E-state index in [1.54, 1.807) is 20.3 Å². The average molecular weight is 461 g/mol. The van der Waals surface area contributed by atoms with E-state index in [1.807, 2.05) is 44.2 Å². The van der Waals surface area contributed by atoms with Crippen LogP contribution in [0.5, 0.6) is 17.2 Å². The molecular formula is C25H29ClO6. The van der Waals surface area contributed by atoms with E-state index in [9.17, 15) is 9.90 Å². The molecule has 0 bridgehead atoms. The standard InChI is InChI=1S/C25H29ClO6/c1-25(2)19-13-17(24(27)28)21(9-8-14-6-5-7-15(10-14)29-3)31-22(19)18-11-16(30-4)12-20(26)23(18)32-25/h5-7,10-12,17,19,21-22H,8-9,13H2,1-4H3,(H,27,28)/t17-,19-,21-,22+/m0/s1. The van der Waals surface area contributed by atoms with Crippen molar-refractivity contribution in [2.45, 2.75) is 50.9 Å². The van der Waals surface area contributed by atoms with Crippen molar-refractivity contribution < 1.29 is 28.8 Å². The number of carboxylic acids is 1. The van der Waals surface area contributed by atoms with Crippen molar-refractivity contribution >= 4 is 17.6 Å². The number of carbonyl (C=O) groups is 1. The van der Waals surface area contributed by atoms with Crippen LogP contribution in [0, 0.1) is 11.8 Å². The van der Waals surface area contributed by atoms with Crippen LogP contribution in [0.2, 0.25) is 5.02 Å². The van der Waals surface area contributed by atoms with Crippen LogP contribution in [0.25, 0.3) is 0 Å². The van der Waals surface area contributed by atoms with Crippen molar-refractivity contribution in [1.29, 1.82) is 0 Å². The molecule has 0 aliphatic carbocycles. The van der Waals surface area contributed by atoms with Gasteiger partial charge in [0.15, 0.2) is 0 Å². The number of halogens is 1. The second-order valence-corrected chi connectivity index (χ2v) is 9.41. The van der Waals surface area contributed by atoms with Gasteiger partial charge < -0.3 is 24.1 Å². The van der Waals surface area contributed by atoms with Crippen molar-refractivity contribution in [3.05, 3.63) is 52.5 Å². The predicted octanol–water partition coefficient (Wildman–Crippen LogP) is 5.31. The Balaban J connectivity index is 1.65. The van der Waals surface area contributed by atoms with Crippen LogP contribution in [0.15, 0.2) is 36.4 Å². The summed E-state index contributed by atoms with van der Waals surface area (Å²) < 4.78 is 23.5. The molecule has 172 valence electrons. The van der Waals surface area contributed by atoms with Crippen molar-refractivity contribution in [3.63, 3.8) is 0 Å². The zero-order valence-corrected chi connectivity index (χ0v) is 19.5. The molecule has 4 atom stereocenters. The Kier molecular flexibility index (Phi) is 6.28. The highest BCUT2D eigenvalue weighted by molar-refractivity contribution is 6.32. The summed E-state index contributed by atoms with van der Waals surface area (Å²) in [5.74, 6) is 0.388. The van der Waals surface area contributed by atoms with Gasteiger partial charge in [-0.15, -0.1) is 0 Å². The Hall–Kier alpha value is -2.44. The molecule has 2 aromatic carbocycles. The summed E-state index contributed by atoms with van der Waals surface area (Å²) in [4.78, 5) is 12.2. The average Bonchev–Trinajstić information content (AvgIpc) is 2.77. The molecule has 0 spiro atoms. The van der Waals surface area contributed by atoms with Crippen molar-refractivity contribution in [2.75, 3.05) is 14.2 Å². The maximum Gasteiger partial charge on any atom is 0.309 e. The number of ether oxygens (including phenoxy) is 4. The molecule has 0 unspecified atom stereocenters. The third-order valence-electron chi connectivity index (χ3n) is 6.66. The summed E-state index contributed by atoms with van der Waals surface area (Å²) in [6.07, 6.45) is 0.972. The van der Waals surface area contributed by atoms with E-state index in [4.69, 9.17) is 30.5 Å². The minimum Gasteiger partial charge on any atom is -0.497 e. The summed E-state index contributed by atoms with van der Waals surface area (Å²) in [6, 6.07) is 11.4. The normalized spacial score (nSPS) is 25.8. The van der Waals surface area contributed by atoms with Crippen LogP contribution in [0.3, 0.4) is 0 Å². The van der Waals surface area contributed by atoms with Gasteiger partial charge in [0.05, 0.1) is 37.4 Å². The molecule has 1 saturated heterocycles. The number of fused-ring (bicyclic) bond motifs is 3. The number of rotatable bonds is 6. The molecule has 1 N–H and O–H groups in total. The fourth-order valence-electron chi connectivity index (χ4n) is 4.90. The van der Waals surface area contributed by atoms with Crippen LogP contribution in [-0.2, 0) is 16.0 Å². The van der Waals surface area contributed by atoms with Gasteiger partial charge in [0, 0.05) is 17.5 Å². The van der Waals surface area contributed by atoms with E-state index in [2.05, 4.69) is 0 Å². The SMILES string of the molecule is COc1cccc(CC[C@@H]2O[C@@H]3c4cc(OC)cc(Cl)c4OC(C)(C)[C@H]3C[C@@H]2C(=O)O)c1. The zero-order chi connectivity index (χ0) is 23.0. The highest BCUT2D eigenvalue weighted by atomic mass is 35.5. The van der Waals surface area contributed by atoms with E-state index in [0.717, 1.165) is 16.9 Å². The summed E-state index contributed by atoms with van der Waals surface area (Å²) in [7, 11) is 3.22. The van der Waals surface area contributed by atoms with Crippen LogP contribution in [0.4, 0.5) is 0 Å². The predicted molar refractivity (Wildman–Crippen MR) is 121 cm³/mol. The lowest BCUT2D eigenvalue weighted by atomic mass is 9.71. The van der Waals surface area contributed by atoms with Gasteiger partial charge in [-0.05, 0) is 56.9 Å². The second-order valence-electron chi connectivity index (χ2n) is 9.01. The largest absolute Gasteiger partial charge is 0.497 e. The molecule has 6 nitrogen and oxygen atoms in total. The molecule has 7 heteroatoms. The monoisotopic (exact) mass is 460 g/mol.